The maximum atomic E-state index is 12.1. The van der Waals surface area contributed by atoms with E-state index in [1.165, 1.54) is 0 Å². The summed E-state index contributed by atoms with van der Waals surface area (Å²) in [6.07, 6.45) is 4.93. The lowest BCUT2D eigenvalue weighted by atomic mass is 9.82. The van der Waals surface area contributed by atoms with Crippen molar-refractivity contribution in [2.45, 2.75) is 64.1 Å². The van der Waals surface area contributed by atoms with Crippen LogP contribution in [0.15, 0.2) is 0 Å². The molecule has 2 saturated carbocycles. The molecule has 0 aromatic rings. The third-order valence-electron chi connectivity index (χ3n) is 4.57. The molecule has 0 aromatic heterocycles. The average molecular weight is 265 g/mol. The Labute approximate surface area is 114 Å². The average Bonchev–Trinajstić information content (AvgIpc) is 2.39. The highest BCUT2D eigenvalue weighted by atomic mass is 16.5. The van der Waals surface area contributed by atoms with Gasteiger partial charge in [-0.1, -0.05) is 6.92 Å². The molecule has 3 atom stereocenters. The van der Waals surface area contributed by atoms with E-state index in [-0.39, 0.29) is 23.9 Å². The molecule has 0 bridgehead atoms. The smallest absolute Gasteiger partial charge is 0.309 e. The van der Waals surface area contributed by atoms with E-state index in [1.54, 1.807) is 0 Å². The predicted molar refractivity (Wildman–Crippen MR) is 70.0 cm³/mol. The number of nitrogens with zero attached hydrogens (tertiary/aromatic N) is 1. The van der Waals surface area contributed by atoms with Crippen molar-refractivity contribution in [2.75, 3.05) is 0 Å². The molecule has 3 unspecified atom stereocenters. The van der Waals surface area contributed by atoms with E-state index in [0.29, 0.717) is 19.3 Å². The van der Waals surface area contributed by atoms with Crippen molar-refractivity contribution in [1.82, 2.24) is 0 Å². The number of carbonyl (C=O) groups is 1. The van der Waals surface area contributed by atoms with Gasteiger partial charge in [-0.05, 0) is 44.4 Å². The molecule has 4 heteroatoms. The number of hydrogen-bond donors (Lipinski definition) is 1. The monoisotopic (exact) mass is 265 g/mol. The number of esters is 1. The molecule has 106 valence electrons. The fraction of sp³-hybridized carbons (Fsp3) is 0.867. The molecular formula is C15H23NO3. The number of rotatable bonds is 2. The number of nitriles is 1. The molecule has 0 spiro atoms. The second-order valence-electron chi connectivity index (χ2n) is 6.13. The lowest BCUT2D eigenvalue weighted by Gasteiger charge is -2.31. The molecule has 1 N–H and O–H groups in total. The van der Waals surface area contributed by atoms with Crippen molar-refractivity contribution in [3.8, 4) is 6.07 Å². The van der Waals surface area contributed by atoms with Gasteiger partial charge in [0.05, 0.1) is 24.0 Å². The van der Waals surface area contributed by atoms with Gasteiger partial charge in [-0.3, -0.25) is 4.79 Å². The van der Waals surface area contributed by atoms with Crippen LogP contribution < -0.4 is 0 Å². The molecule has 4 nitrogen and oxygen atoms in total. The highest BCUT2D eigenvalue weighted by Crippen LogP contribution is 2.31. The van der Waals surface area contributed by atoms with E-state index in [2.05, 4.69) is 13.0 Å². The van der Waals surface area contributed by atoms with Gasteiger partial charge in [0, 0.05) is 6.42 Å². The van der Waals surface area contributed by atoms with Crippen molar-refractivity contribution in [1.29, 1.82) is 5.26 Å². The minimum absolute atomic E-state index is 0.0435. The summed E-state index contributed by atoms with van der Waals surface area (Å²) in [5, 5.41) is 18.6. The number of hydrogen-bond acceptors (Lipinski definition) is 4. The first-order chi connectivity index (χ1) is 9.10. The molecule has 0 aromatic carbocycles. The molecule has 0 heterocycles. The summed E-state index contributed by atoms with van der Waals surface area (Å²) in [5.41, 5.74) is 0. The Morgan fingerprint density at radius 3 is 2.47 bits per heavy atom. The Balaban J connectivity index is 1.79. The maximum absolute atomic E-state index is 12.1. The summed E-state index contributed by atoms with van der Waals surface area (Å²) in [6, 6.07) is 2.11. The molecule has 2 rings (SSSR count). The number of carbonyl (C=O) groups excluding carboxylic acids is 1. The zero-order valence-electron chi connectivity index (χ0n) is 11.5. The Kier molecular flexibility index (Phi) is 4.81. The molecule has 0 aliphatic heterocycles. The van der Waals surface area contributed by atoms with Crippen molar-refractivity contribution < 1.29 is 14.6 Å². The third kappa shape index (κ3) is 3.70. The van der Waals surface area contributed by atoms with Crippen LogP contribution in [-0.4, -0.2) is 23.3 Å². The van der Waals surface area contributed by atoms with E-state index in [9.17, 15) is 9.90 Å². The predicted octanol–water partition coefficient (Wildman–Crippen LogP) is 2.41. The van der Waals surface area contributed by atoms with Gasteiger partial charge in [-0.15, -0.1) is 0 Å². The fourth-order valence-electron chi connectivity index (χ4n) is 3.12. The maximum Gasteiger partial charge on any atom is 0.309 e. The quantitative estimate of drug-likeness (QED) is 0.778. The van der Waals surface area contributed by atoms with Crippen molar-refractivity contribution in [2.24, 2.45) is 17.8 Å². The second kappa shape index (κ2) is 6.38. The largest absolute Gasteiger partial charge is 0.462 e. The van der Waals surface area contributed by atoms with Crippen LogP contribution in [0, 0.1) is 29.1 Å². The lowest BCUT2D eigenvalue weighted by Crippen LogP contribution is -2.35. The Morgan fingerprint density at radius 1 is 1.21 bits per heavy atom. The molecule has 2 aliphatic rings. The summed E-state index contributed by atoms with van der Waals surface area (Å²) in [4.78, 5) is 12.1. The molecule has 0 amide bonds. The van der Waals surface area contributed by atoms with Gasteiger partial charge in [-0.25, -0.2) is 0 Å². The summed E-state index contributed by atoms with van der Waals surface area (Å²) < 4.78 is 5.52. The van der Waals surface area contributed by atoms with Crippen LogP contribution in [0.1, 0.15) is 51.9 Å². The van der Waals surface area contributed by atoms with Crippen molar-refractivity contribution in [3.05, 3.63) is 0 Å². The number of ether oxygens (including phenoxy) is 1. The van der Waals surface area contributed by atoms with Crippen LogP contribution in [0.25, 0.3) is 0 Å². The van der Waals surface area contributed by atoms with E-state index in [1.807, 2.05) is 0 Å². The van der Waals surface area contributed by atoms with Crippen LogP contribution in [0.5, 0.6) is 0 Å². The summed E-state index contributed by atoms with van der Waals surface area (Å²) >= 11 is 0. The van der Waals surface area contributed by atoms with Crippen LogP contribution >= 0.6 is 0 Å². The Bertz CT molecular complexity index is 355. The molecule has 0 saturated heterocycles. The van der Waals surface area contributed by atoms with Gasteiger partial charge < -0.3 is 9.84 Å². The second-order valence-corrected chi connectivity index (χ2v) is 6.13. The van der Waals surface area contributed by atoms with Gasteiger partial charge in [0.1, 0.15) is 6.10 Å². The summed E-state index contributed by atoms with van der Waals surface area (Å²) in [7, 11) is 0. The van der Waals surface area contributed by atoms with Crippen LogP contribution in [0.3, 0.4) is 0 Å². The Morgan fingerprint density at radius 2 is 1.89 bits per heavy atom. The molecule has 2 fully saturated rings. The van der Waals surface area contributed by atoms with E-state index < -0.39 is 6.10 Å². The Hall–Kier alpha value is -1.08. The highest BCUT2D eigenvalue weighted by molar-refractivity contribution is 5.72. The number of aliphatic hydroxyl groups excluding tert-OH is 1. The van der Waals surface area contributed by atoms with E-state index >= 15 is 0 Å². The van der Waals surface area contributed by atoms with Crippen LogP contribution in [0.4, 0.5) is 0 Å². The van der Waals surface area contributed by atoms with E-state index in [4.69, 9.17) is 10.00 Å². The van der Waals surface area contributed by atoms with Crippen molar-refractivity contribution in [3.63, 3.8) is 0 Å². The third-order valence-corrected chi connectivity index (χ3v) is 4.57. The molecule has 0 radical (unpaired) electrons. The van der Waals surface area contributed by atoms with Gasteiger partial charge in [0.25, 0.3) is 0 Å². The SMILES string of the molecule is CC1CCC(C(=O)OC2CCC(C#N)C(O)C2)CC1. The number of aliphatic hydroxyl groups is 1. The minimum Gasteiger partial charge on any atom is -0.462 e. The topological polar surface area (TPSA) is 70.3 Å². The highest BCUT2D eigenvalue weighted by Gasteiger charge is 2.33. The van der Waals surface area contributed by atoms with Gasteiger partial charge in [-0.2, -0.15) is 5.26 Å². The zero-order valence-corrected chi connectivity index (χ0v) is 11.5. The standard InChI is InChI=1S/C15H23NO3/c1-10-2-4-11(5-3-10)15(18)19-13-7-6-12(9-16)14(17)8-13/h10-14,17H,2-8H2,1H3. The first kappa shape index (κ1) is 14.3. The van der Waals surface area contributed by atoms with Gasteiger partial charge in [0.2, 0.25) is 0 Å². The molecule has 2 aliphatic carbocycles. The van der Waals surface area contributed by atoms with Crippen LogP contribution in [0.2, 0.25) is 0 Å². The fourth-order valence-corrected chi connectivity index (χ4v) is 3.12. The van der Waals surface area contributed by atoms with Gasteiger partial charge in [0.15, 0.2) is 0 Å². The summed E-state index contributed by atoms with van der Waals surface area (Å²) in [5.74, 6) is 0.365. The first-order valence-electron chi connectivity index (χ1n) is 7.38. The lowest BCUT2D eigenvalue weighted by molar-refractivity contribution is -0.159. The first-order valence-corrected chi connectivity index (χ1v) is 7.38. The normalized spacial score (nSPS) is 39.3. The van der Waals surface area contributed by atoms with Gasteiger partial charge >= 0.3 is 5.97 Å². The molecular weight excluding hydrogens is 242 g/mol. The van der Waals surface area contributed by atoms with Crippen LogP contribution in [-0.2, 0) is 9.53 Å². The summed E-state index contributed by atoms with van der Waals surface area (Å²) in [6.45, 7) is 2.22. The zero-order chi connectivity index (χ0) is 13.8. The van der Waals surface area contributed by atoms with Crippen molar-refractivity contribution >= 4 is 5.97 Å². The minimum atomic E-state index is -0.650. The van der Waals surface area contributed by atoms with E-state index in [0.717, 1.165) is 31.6 Å². The molecule has 19 heavy (non-hydrogen) atoms.